The number of rotatable bonds is 5. The maximum Gasteiger partial charge on any atom is 0.317 e. The fourth-order valence-electron chi connectivity index (χ4n) is 2.26. The second-order valence-corrected chi connectivity index (χ2v) is 8.84. The molecule has 0 spiro atoms. The van der Waals surface area contributed by atoms with Gasteiger partial charge in [-0.15, -0.1) is 0 Å². The molecule has 0 aromatic rings. The third-order valence-corrected chi connectivity index (χ3v) is 4.87. The minimum Gasteiger partial charge on any atom is -0.396 e. The zero-order valence-corrected chi connectivity index (χ0v) is 13.4. The van der Waals surface area contributed by atoms with E-state index in [0.29, 0.717) is 25.9 Å². The van der Waals surface area contributed by atoms with Crippen LogP contribution in [0.2, 0.25) is 0 Å². The number of carbonyl (C=O) groups excluding carboxylic acids is 1. The molecule has 2 N–H and O–H groups in total. The third-order valence-electron chi connectivity index (χ3n) is 3.10. The van der Waals surface area contributed by atoms with Crippen molar-refractivity contribution >= 4 is 15.9 Å². The normalized spacial score (nSPS) is 21.7. The minimum absolute atomic E-state index is 0.0299. The first-order valence-electron chi connectivity index (χ1n) is 7.00. The summed E-state index contributed by atoms with van der Waals surface area (Å²) in [5, 5.41) is 11.7. The molecule has 1 aliphatic rings. The summed E-state index contributed by atoms with van der Waals surface area (Å²) >= 11 is 0. The van der Waals surface area contributed by atoms with E-state index in [2.05, 4.69) is 5.32 Å². The Morgan fingerprint density at radius 3 is 2.50 bits per heavy atom. The maximum absolute atomic E-state index is 12.2. The topological polar surface area (TPSA) is 86.7 Å². The highest BCUT2D eigenvalue weighted by molar-refractivity contribution is 7.91. The van der Waals surface area contributed by atoms with Gasteiger partial charge >= 0.3 is 6.03 Å². The number of carbonyl (C=O) groups is 1. The summed E-state index contributed by atoms with van der Waals surface area (Å²) in [6, 6.07) is -0.528. The highest BCUT2D eigenvalue weighted by Gasteiger charge is 2.30. The van der Waals surface area contributed by atoms with Gasteiger partial charge in [-0.25, -0.2) is 13.2 Å². The fraction of sp³-hybridized carbons (Fsp3) is 0.923. The van der Waals surface area contributed by atoms with Gasteiger partial charge in [0.1, 0.15) is 0 Å². The van der Waals surface area contributed by atoms with Gasteiger partial charge in [0.25, 0.3) is 0 Å². The van der Waals surface area contributed by atoms with Crippen molar-refractivity contribution in [2.24, 2.45) is 5.41 Å². The Balaban J connectivity index is 2.59. The number of nitrogens with one attached hydrogen (secondary N) is 1. The van der Waals surface area contributed by atoms with Gasteiger partial charge in [-0.1, -0.05) is 20.8 Å². The van der Waals surface area contributed by atoms with Crippen LogP contribution in [0.3, 0.4) is 0 Å². The van der Waals surface area contributed by atoms with Gasteiger partial charge in [0, 0.05) is 25.7 Å². The molecule has 0 aliphatic carbocycles. The van der Waals surface area contributed by atoms with Crippen LogP contribution in [0.5, 0.6) is 0 Å². The molecular formula is C13H26N2O4S. The van der Waals surface area contributed by atoms with Gasteiger partial charge in [0.15, 0.2) is 9.84 Å². The van der Waals surface area contributed by atoms with Gasteiger partial charge < -0.3 is 15.3 Å². The van der Waals surface area contributed by atoms with E-state index < -0.39 is 9.84 Å². The molecule has 1 fully saturated rings. The quantitative estimate of drug-likeness (QED) is 0.779. The van der Waals surface area contributed by atoms with Crippen molar-refractivity contribution < 1.29 is 18.3 Å². The van der Waals surface area contributed by atoms with E-state index in [1.807, 2.05) is 20.8 Å². The Morgan fingerprint density at radius 2 is 2.05 bits per heavy atom. The maximum atomic E-state index is 12.2. The van der Waals surface area contributed by atoms with Crippen LogP contribution in [0.1, 0.15) is 33.6 Å². The van der Waals surface area contributed by atoms with Crippen LogP contribution in [0, 0.1) is 5.41 Å². The summed E-state index contributed by atoms with van der Waals surface area (Å²) in [6.45, 7) is 7.17. The predicted octanol–water partition coefficient (Wildman–Crippen LogP) is 0.614. The highest BCUT2D eigenvalue weighted by Crippen LogP contribution is 2.17. The molecule has 1 rings (SSSR count). The van der Waals surface area contributed by atoms with E-state index in [-0.39, 0.29) is 35.6 Å². The van der Waals surface area contributed by atoms with E-state index in [9.17, 15) is 13.2 Å². The highest BCUT2D eigenvalue weighted by atomic mass is 32.2. The standard InChI is InChI=1S/C13H26N2O4S/c1-13(2,3)10-15(6-4-7-16)12(17)14-11-5-8-20(18,19)9-11/h11,16H,4-10H2,1-3H3,(H,14,17)/t11-/m0/s1. The molecule has 1 saturated heterocycles. The van der Waals surface area contributed by atoms with Crippen LogP contribution in [0.25, 0.3) is 0 Å². The molecule has 6 nitrogen and oxygen atoms in total. The Hall–Kier alpha value is -0.820. The molecule has 0 bridgehead atoms. The predicted molar refractivity (Wildman–Crippen MR) is 78.3 cm³/mol. The van der Waals surface area contributed by atoms with Crippen molar-refractivity contribution in [3.63, 3.8) is 0 Å². The second-order valence-electron chi connectivity index (χ2n) is 6.61. The lowest BCUT2D eigenvalue weighted by Gasteiger charge is -2.31. The third kappa shape index (κ3) is 6.09. The van der Waals surface area contributed by atoms with E-state index >= 15 is 0 Å². The Bertz CT molecular complexity index is 428. The first kappa shape index (κ1) is 17.2. The van der Waals surface area contributed by atoms with Gasteiger partial charge in [0.05, 0.1) is 11.5 Å². The molecule has 20 heavy (non-hydrogen) atoms. The Morgan fingerprint density at radius 1 is 1.40 bits per heavy atom. The van der Waals surface area contributed by atoms with Crippen LogP contribution < -0.4 is 5.32 Å². The number of hydrogen-bond donors (Lipinski definition) is 2. The van der Waals surface area contributed by atoms with Crippen molar-refractivity contribution in [3.05, 3.63) is 0 Å². The molecule has 1 aliphatic heterocycles. The average Bonchev–Trinajstić information content (AvgIpc) is 2.62. The molecule has 118 valence electrons. The van der Waals surface area contributed by atoms with Crippen LogP contribution in [0.15, 0.2) is 0 Å². The Labute approximate surface area is 121 Å². The monoisotopic (exact) mass is 306 g/mol. The summed E-state index contributed by atoms with van der Waals surface area (Å²) in [6.07, 6.45) is 1.00. The minimum atomic E-state index is -2.99. The molecule has 0 unspecified atom stereocenters. The SMILES string of the molecule is CC(C)(C)CN(CCCO)C(=O)N[C@H]1CCS(=O)(=O)C1. The molecule has 1 heterocycles. The van der Waals surface area contributed by atoms with E-state index in [0.717, 1.165) is 0 Å². The van der Waals surface area contributed by atoms with Gasteiger partial charge in [-0.05, 0) is 18.3 Å². The lowest BCUT2D eigenvalue weighted by Crippen LogP contribution is -2.48. The molecule has 2 amide bonds. The van der Waals surface area contributed by atoms with Crippen LogP contribution in [0.4, 0.5) is 4.79 Å². The van der Waals surface area contributed by atoms with Crippen LogP contribution in [-0.4, -0.2) is 61.7 Å². The van der Waals surface area contributed by atoms with E-state index in [1.54, 1.807) is 4.90 Å². The first-order valence-corrected chi connectivity index (χ1v) is 8.82. The number of hydrogen-bond acceptors (Lipinski definition) is 4. The van der Waals surface area contributed by atoms with E-state index in [1.165, 1.54) is 0 Å². The molecule has 0 radical (unpaired) electrons. The fourth-order valence-corrected chi connectivity index (χ4v) is 3.93. The molecule has 7 heteroatoms. The molecule has 0 aromatic heterocycles. The molecule has 1 atom stereocenters. The van der Waals surface area contributed by atoms with Crippen molar-refractivity contribution in [3.8, 4) is 0 Å². The van der Waals surface area contributed by atoms with Crippen molar-refractivity contribution in [1.29, 1.82) is 0 Å². The van der Waals surface area contributed by atoms with Crippen LogP contribution in [-0.2, 0) is 9.84 Å². The zero-order valence-electron chi connectivity index (χ0n) is 12.6. The lowest BCUT2D eigenvalue weighted by molar-refractivity contribution is 0.162. The molecule has 0 saturated carbocycles. The number of urea groups is 1. The molecular weight excluding hydrogens is 280 g/mol. The number of aliphatic hydroxyl groups excluding tert-OH is 1. The summed E-state index contributed by atoms with van der Waals surface area (Å²) in [5.41, 5.74) is -0.0471. The number of amides is 2. The van der Waals surface area contributed by atoms with Crippen molar-refractivity contribution in [1.82, 2.24) is 10.2 Å². The van der Waals surface area contributed by atoms with Crippen molar-refractivity contribution in [2.45, 2.75) is 39.7 Å². The number of nitrogens with zero attached hydrogens (tertiary/aromatic N) is 1. The Kier molecular flexibility index (Phi) is 5.82. The molecule has 0 aromatic carbocycles. The number of sulfone groups is 1. The van der Waals surface area contributed by atoms with Gasteiger partial charge in [-0.2, -0.15) is 0 Å². The zero-order chi connectivity index (χ0) is 15.4. The van der Waals surface area contributed by atoms with Crippen molar-refractivity contribution in [2.75, 3.05) is 31.2 Å². The van der Waals surface area contributed by atoms with Crippen LogP contribution >= 0.6 is 0 Å². The second kappa shape index (κ2) is 6.76. The van der Waals surface area contributed by atoms with Gasteiger partial charge in [0.2, 0.25) is 0 Å². The summed E-state index contributed by atoms with van der Waals surface area (Å²) in [5.74, 6) is 0.177. The number of aliphatic hydroxyl groups is 1. The van der Waals surface area contributed by atoms with E-state index in [4.69, 9.17) is 5.11 Å². The average molecular weight is 306 g/mol. The summed E-state index contributed by atoms with van der Waals surface area (Å²) < 4.78 is 22.8. The van der Waals surface area contributed by atoms with Gasteiger partial charge in [-0.3, -0.25) is 0 Å². The first-order chi connectivity index (χ1) is 9.13. The lowest BCUT2D eigenvalue weighted by atomic mass is 9.96. The smallest absolute Gasteiger partial charge is 0.317 e. The largest absolute Gasteiger partial charge is 0.396 e. The summed E-state index contributed by atoms with van der Waals surface area (Å²) in [4.78, 5) is 13.9. The summed E-state index contributed by atoms with van der Waals surface area (Å²) in [7, 11) is -2.99.